The van der Waals surface area contributed by atoms with Gasteiger partial charge in [-0.05, 0) is 18.2 Å². The molecule has 0 bridgehead atoms. The number of nitrogens with zero attached hydrogens (tertiary/aromatic N) is 1. The van der Waals surface area contributed by atoms with Crippen LogP contribution in [0.1, 0.15) is 0 Å². The molecule has 1 heterocycles. The van der Waals surface area contributed by atoms with Gasteiger partial charge in [-0.2, -0.15) is 0 Å². The van der Waals surface area contributed by atoms with Crippen molar-refractivity contribution in [3.63, 3.8) is 0 Å². The van der Waals surface area contributed by atoms with Crippen LogP contribution < -0.4 is 11.2 Å². The molecule has 82 valence electrons. The Hall–Kier alpha value is -1.69. The number of aromatic amines is 1. The number of rotatable bonds is 1. The summed E-state index contributed by atoms with van der Waals surface area (Å²) in [5.74, 6) is -0.552. The molecule has 0 spiro atoms. The summed E-state index contributed by atoms with van der Waals surface area (Å²) in [5.41, 5.74) is -1.10. The Kier molecular flexibility index (Phi) is 2.74. The maximum absolute atomic E-state index is 13.5. The maximum atomic E-state index is 13.5. The molecule has 2 aromatic rings. The van der Waals surface area contributed by atoms with Crippen LogP contribution in [0, 0.1) is 5.82 Å². The van der Waals surface area contributed by atoms with E-state index in [1.807, 2.05) is 0 Å². The number of H-pyrrole nitrogens is 1. The van der Waals surface area contributed by atoms with Gasteiger partial charge in [0.25, 0.3) is 5.56 Å². The molecule has 0 amide bonds. The van der Waals surface area contributed by atoms with Crippen LogP contribution in [-0.4, -0.2) is 9.55 Å². The topological polar surface area (TPSA) is 54.9 Å². The highest BCUT2D eigenvalue weighted by Gasteiger charge is 2.06. The lowest BCUT2D eigenvalue weighted by atomic mass is 10.3. The molecule has 0 fully saturated rings. The lowest BCUT2D eigenvalue weighted by Crippen LogP contribution is -2.27. The lowest BCUT2D eigenvalue weighted by molar-refractivity contribution is 0.613. The van der Waals surface area contributed by atoms with Crippen molar-refractivity contribution in [3.05, 3.63) is 61.6 Å². The number of hydrogen-bond donors (Lipinski definition) is 1. The summed E-state index contributed by atoms with van der Waals surface area (Å²) < 4.78 is 15.1. The average molecular weight is 285 g/mol. The smallest absolute Gasteiger partial charge is 0.274 e. The van der Waals surface area contributed by atoms with E-state index in [4.69, 9.17) is 0 Å². The van der Waals surface area contributed by atoms with Crippen LogP contribution in [0.4, 0.5) is 4.39 Å². The number of aromatic nitrogens is 2. The Balaban J connectivity index is 2.68. The molecule has 1 aromatic heterocycles. The second-order valence-corrected chi connectivity index (χ2v) is 3.99. The quantitative estimate of drug-likeness (QED) is 0.861. The van der Waals surface area contributed by atoms with Crippen molar-refractivity contribution in [3.8, 4) is 5.69 Å². The first-order valence-electron chi connectivity index (χ1n) is 4.35. The maximum Gasteiger partial charge on any atom is 0.333 e. The van der Waals surface area contributed by atoms with Crippen LogP contribution in [0.3, 0.4) is 0 Å². The van der Waals surface area contributed by atoms with Crippen molar-refractivity contribution in [2.75, 3.05) is 0 Å². The Morgan fingerprint density at radius 2 is 2.00 bits per heavy atom. The first-order valence-corrected chi connectivity index (χ1v) is 5.14. The van der Waals surface area contributed by atoms with Crippen molar-refractivity contribution in [1.29, 1.82) is 0 Å². The van der Waals surface area contributed by atoms with Gasteiger partial charge in [0.1, 0.15) is 5.82 Å². The van der Waals surface area contributed by atoms with E-state index in [-0.39, 0.29) is 5.69 Å². The summed E-state index contributed by atoms with van der Waals surface area (Å²) in [4.78, 5) is 24.3. The van der Waals surface area contributed by atoms with E-state index in [0.717, 1.165) is 10.6 Å². The fourth-order valence-electron chi connectivity index (χ4n) is 1.28. The number of nitrogens with one attached hydrogen (secondary N) is 1. The summed E-state index contributed by atoms with van der Waals surface area (Å²) in [7, 11) is 0. The second kappa shape index (κ2) is 4.05. The van der Waals surface area contributed by atoms with Crippen LogP contribution in [0.25, 0.3) is 5.69 Å². The third-order valence-corrected chi connectivity index (χ3v) is 2.49. The average Bonchev–Trinajstić information content (AvgIpc) is 2.19. The number of benzene rings is 1. The van der Waals surface area contributed by atoms with E-state index >= 15 is 0 Å². The molecule has 0 atom stereocenters. The highest BCUT2D eigenvalue weighted by molar-refractivity contribution is 9.10. The summed E-state index contributed by atoms with van der Waals surface area (Å²) in [6.45, 7) is 0. The Morgan fingerprint density at radius 3 is 2.62 bits per heavy atom. The molecule has 6 heteroatoms. The molecule has 0 aliphatic carbocycles. The monoisotopic (exact) mass is 284 g/mol. The summed E-state index contributed by atoms with van der Waals surface area (Å²) in [5, 5.41) is 0. The highest BCUT2D eigenvalue weighted by Crippen LogP contribution is 2.16. The van der Waals surface area contributed by atoms with Gasteiger partial charge in [-0.1, -0.05) is 15.9 Å². The number of halogens is 2. The van der Waals surface area contributed by atoms with Gasteiger partial charge < -0.3 is 0 Å². The minimum absolute atomic E-state index is 0.0875. The van der Waals surface area contributed by atoms with Crippen LogP contribution >= 0.6 is 15.9 Å². The van der Waals surface area contributed by atoms with E-state index in [1.54, 1.807) is 6.07 Å². The Labute approximate surface area is 97.5 Å². The number of hydrogen-bond acceptors (Lipinski definition) is 2. The molecule has 0 radical (unpaired) electrons. The highest BCUT2D eigenvalue weighted by atomic mass is 79.9. The van der Waals surface area contributed by atoms with Crippen molar-refractivity contribution < 1.29 is 4.39 Å². The fourth-order valence-corrected chi connectivity index (χ4v) is 1.62. The Bertz CT molecular complexity index is 648. The van der Waals surface area contributed by atoms with Gasteiger partial charge in [0.15, 0.2) is 0 Å². The Morgan fingerprint density at radius 1 is 1.25 bits per heavy atom. The third-order valence-electron chi connectivity index (χ3n) is 1.99. The van der Waals surface area contributed by atoms with E-state index < -0.39 is 17.1 Å². The van der Waals surface area contributed by atoms with Crippen LogP contribution in [0.2, 0.25) is 0 Å². The van der Waals surface area contributed by atoms with E-state index in [9.17, 15) is 14.0 Å². The normalized spacial score (nSPS) is 10.4. The van der Waals surface area contributed by atoms with Crippen molar-refractivity contribution in [1.82, 2.24) is 9.55 Å². The lowest BCUT2D eigenvalue weighted by Gasteiger charge is -2.05. The first kappa shape index (κ1) is 10.8. The molecule has 16 heavy (non-hydrogen) atoms. The van der Waals surface area contributed by atoms with Gasteiger partial charge in [-0.3, -0.25) is 14.3 Å². The molecule has 2 rings (SSSR count). The van der Waals surface area contributed by atoms with Gasteiger partial charge in [-0.15, -0.1) is 0 Å². The molecular weight excluding hydrogens is 279 g/mol. The van der Waals surface area contributed by atoms with Gasteiger partial charge in [-0.25, -0.2) is 9.18 Å². The van der Waals surface area contributed by atoms with Gasteiger partial charge in [0.2, 0.25) is 0 Å². The summed E-state index contributed by atoms with van der Waals surface area (Å²) >= 11 is 3.11. The molecule has 1 aromatic carbocycles. The zero-order valence-electron chi connectivity index (χ0n) is 7.91. The first-order chi connectivity index (χ1) is 7.58. The molecule has 4 nitrogen and oxygen atoms in total. The minimum Gasteiger partial charge on any atom is -0.274 e. The van der Waals surface area contributed by atoms with Gasteiger partial charge >= 0.3 is 5.69 Å². The molecule has 0 saturated heterocycles. The molecule has 0 aliphatic heterocycles. The zero-order chi connectivity index (χ0) is 11.7. The van der Waals surface area contributed by atoms with Crippen LogP contribution in [0.15, 0.2) is 44.5 Å². The summed E-state index contributed by atoms with van der Waals surface area (Å²) in [6, 6.07) is 5.45. The van der Waals surface area contributed by atoms with E-state index in [1.165, 1.54) is 18.3 Å². The summed E-state index contributed by atoms with van der Waals surface area (Å²) in [6.07, 6.45) is 1.23. The fraction of sp³-hybridized carbons (Fsp3) is 0. The van der Waals surface area contributed by atoms with E-state index in [2.05, 4.69) is 20.9 Å². The van der Waals surface area contributed by atoms with Gasteiger partial charge in [0.05, 0.1) is 5.69 Å². The van der Waals surface area contributed by atoms with Crippen molar-refractivity contribution >= 4 is 15.9 Å². The molecular formula is C10H6BrFN2O2. The molecule has 0 aliphatic rings. The largest absolute Gasteiger partial charge is 0.333 e. The predicted molar refractivity (Wildman–Crippen MR) is 60.3 cm³/mol. The standard InChI is InChI=1S/C10H6BrFN2O2/c11-6-1-2-8(7(12)5-6)14-4-3-9(15)13-10(14)16/h1-5H,(H,13,15,16). The minimum atomic E-state index is -0.672. The van der Waals surface area contributed by atoms with Crippen LogP contribution in [-0.2, 0) is 0 Å². The van der Waals surface area contributed by atoms with Crippen molar-refractivity contribution in [2.24, 2.45) is 0 Å². The molecule has 0 saturated carbocycles. The third kappa shape index (κ3) is 1.96. The predicted octanol–water partition coefficient (Wildman–Crippen LogP) is 1.43. The van der Waals surface area contributed by atoms with Crippen molar-refractivity contribution in [2.45, 2.75) is 0 Å². The van der Waals surface area contributed by atoms with Crippen LogP contribution in [0.5, 0.6) is 0 Å². The van der Waals surface area contributed by atoms with Gasteiger partial charge in [0, 0.05) is 16.7 Å². The molecule has 0 unspecified atom stereocenters. The molecule has 1 N–H and O–H groups in total. The zero-order valence-corrected chi connectivity index (χ0v) is 9.49. The SMILES string of the molecule is O=c1ccn(-c2ccc(Br)cc2F)c(=O)[nH]1. The second-order valence-electron chi connectivity index (χ2n) is 3.08. The van der Waals surface area contributed by atoms with E-state index in [0.29, 0.717) is 4.47 Å².